The topological polar surface area (TPSA) is 45.2 Å². The van der Waals surface area contributed by atoms with Gasteiger partial charge in [0.25, 0.3) is 0 Å². The van der Waals surface area contributed by atoms with E-state index in [1.54, 1.807) is 6.20 Å². The van der Waals surface area contributed by atoms with Gasteiger partial charge in [-0.1, -0.05) is 12.1 Å². The zero-order valence-corrected chi connectivity index (χ0v) is 11.1. The van der Waals surface area contributed by atoms with Crippen molar-refractivity contribution in [2.24, 2.45) is 0 Å². The summed E-state index contributed by atoms with van der Waals surface area (Å²) in [6, 6.07) is 13.3. The fraction of sp³-hybridized carbons (Fsp3) is 0.200. The number of hydrogen-bond acceptors (Lipinski definition) is 3. The van der Waals surface area contributed by atoms with Crippen LogP contribution in [0.1, 0.15) is 5.69 Å². The lowest BCUT2D eigenvalue weighted by atomic mass is 10.2. The molecule has 19 heavy (non-hydrogen) atoms. The number of amides is 1. The van der Waals surface area contributed by atoms with E-state index in [0.29, 0.717) is 0 Å². The molecular weight excluding hydrogens is 238 g/mol. The standard InChI is InChI=1S/C15H17N3O/c1-18(2)14-8-5-7-13(10-14)17-15(19)11-12-6-3-4-9-16-12/h3-10H,11H2,1-2H3,(H,17,19). The molecule has 0 unspecified atom stereocenters. The maximum Gasteiger partial charge on any atom is 0.230 e. The molecule has 1 aromatic heterocycles. The van der Waals surface area contributed by atoms with Gasteiger partial charge in [0.15, 0.2) is 0 Å². The van der Waals surface area contributed by atoms with E-state index < -0.39 is 0 Å². The highest BCUT2D eigenvalue weighted by molar-refractivity contribution is 5.92. The smallest absolute Gasteiger partial charge is 0.230 e. The molecule has 4 nitrogen and oxygen atoms in total. The summed E-state index contributed by atoms with van der Waals surface area (Å²) < 4.78 is 0. The minimum atomic E-state index is -0.0605. The first-order chi connectivity index (χ1) is 9.15. The van der Waals surface area contributed by atoms with Crippen molar-refractivity contribution in [2.75, 3.05) is 24.3 Å². The third kappa shape index (κ3) is 3.81. The Kier molecular flexibility index (Phi) is 4.13. The molecule has 0 spiro atoms. The molecule has 0 atom stereocenters. The molecule has 1 aromatic carbocycles. The van der Waals surface area contributed by atoms with Crippen molar-refractivity contribution in [2.45, 2.75) is 6.42 Å². The lowest BCUT2D eigenvalue weighted by Crippen LogP contribution is -2.15. The predicted octanol–water partition coefficient (Wildman–Crippen LogP) is 2.33. The Morgan fingerprint density at radius 2 is 2.05 bits per heavy atom. The summed E-state index contributed by atoms with van der Waals surface area (Å²) in [5, 5.41) is 2.88. The lowest BCUT2D eigenvalue weighted by molar-refractivity contribution is -0.115. The number of anilines is 2. The Hall–Kier alpha value is -2.36. The van der Waals surface area contributed by atoms with Crippen LogP contribution in [0.15, 0.2) is 48.7 Å². The molecule has 2 aromatic rings. The molecule has 0 bridgehead atoms. The average molecular weight is 255 g/mol. The summed E-state index contributed by atoms with van der Waals surface area (Å²) in [7, 11) is 3.93. The van der Waals surface area contributed by atoms with Crippen molar-refractivity contribution in [1.29, 1.82) is 0 Å². The summed E-state index contributed by atoms with van der Waals surface area (Å²) in [5.74, 6) is -0.0605. The highest BCUT2D eigenvalue weighted by Crippen LogP contribution is 2.17. The fourth-order valence-corrected chi connectivity index (χ4v) is 1.73. The summed E-state index contributed by atoms with van der Waals surface area (Å²) in [6.45, 7) is 0. The number of carbonyl (C=O) groups excluding carboxylic acids is 1. The lowest BCUT2D eigenvalue weighted by Gasteiger charge is -2.14. The van der Waals surface area contributed by atoms with E-state index in [2.05, 4.69) is 10.3 Å². The third-order valence-electron chi connectivity index (χ3n) is 2.71. The van der Waals surface area contributed by atoms with Crippen LogP contribution in [0.2, 0.25) is 0 Å². The molecule has 0 fully saturated rings. The number of nitrogens with one attached hydrogen (secondary N) is 1. The highest BCUT2D eigenvalue weighted by Gasteiger charge is 2.05. The number of benzene rings is 1. The molecule has 1 N–H and O–H groups in total. The van der Waals surface area contributed by atoms with Crippen LogP contribution < -0.4 is 10.2 Å². The largest absolute Gasteiger partial charge is 0.378 e. The highest BCUT2D eigenvalue weighted by atomic mass is 16.1. The van der Waals surface area contributed by atoms with Crippen LogP contribution in [0.4, 0.5) is 11.4 Å². The first-order valence-corrected chi connectivity index (χ1v) is 6.12. The van der Waals surface area contributed by atoms with Crippen molar-refractivity contribution in [3.63, 3.8) is 0 Å². The summed E-state index contributed by atoms with van der Waals surface area (Å²) in [4.78, 5) is 18.0. The first-order valence-electron chi connectivity index (χ1n) is 6.12. The van der Waals surface area contributed by atoms with Gasteiger partial charge in [-0.2, -0.15) is 0 Å². The quantitative estimate of drug-likeness (QED) is 0.912. The third-order valence-corrected chi connectivity index (χ3v) is 2.71. The van der Waals surface area contributed by atoms with Crippen LogP contribution in [0.25, 0.3) is 0 Å². The van der Waals surface area contributed by atoms with Gasteiger partial charge in [0, 0.05) is 37.4 Å². The number of nitrogens with zero attached hydrogens (tertiary/aromatic N) is 2. The second-order valence-corrected chi connectivity index (χ2v) is 4.49. The molecule has 4 heteroatoms. The van der Waals surface area contributed by atoms with Gasteiger partial charge in [-0.15, -0.1) is 0 Å². The minimum absolute atomic E-state index is 0.0605. The van der Waals surface area contributed by atoms with Gasteiger partial charge in [-0.25, -0.2) is 0 Å². The van der Waals surface area contributed by atoms with E-state index in [-0.39, 0.29) is 12.3 Å². The summed E-state index contributed by atoms with van der Waals surface area (Å²) in [6.07, 6.45) is 1.97. The number of aromatic nitrogens is 1. The van der Waals surface area contributed by atoms with E-state index in [4.69, 9.17) is 0 Å². The van der Waals surface area contributed by atoms with E-state index in [1.165, 1.54) is 0 Å². The van der Waals surface area contributed by atoms with Gasteiger partial charge in [-0.3, -0.25) is 9.78 Å². The molecule has 2 rings (SSSR count). The summed E-state index contributed by atoms with van der Waals surface area (Å²) >= 11 is 0. The number of hydrogen-bond donors (Lipinski definition) is 1. The second kappa shape index (κ2) is 6.00. The number of rotatable bonds is 4. The monoisotopic (exact) mass is 255 g/mol. The van der Waals surface area contributed by atoms with Gasteiger partial charge >= 0.3 is 0 Å². The van der Waals surface area contributed by atoms with Crippen molar-refractivity contribution in [3.05, 3.63) is 54.4 Å². The molecular formula is C15H17N3O. The van der Waals surface area contributed by atoms with E-state index in [0.717, 1.165) is 17.1 Å². The van der Waals surface area contributed by atoms with E-state index >= 15 is 0 Å². The van der Waals surface area contributed by atoms with Crippen molar-refractivity contribution in [1.82, 2.24) is 4.98 Å². The Morgan fingerprint density at radius 1 is 1.21 bits per heavy atom. The van der Waals surface area contributed by atoms with Crippen molar-refractivity contribution >= 4 is 17.3 Å². The molecule has 0 aliphatic heterocycles. The second-order valence-electron chi connectivity index (χ2n) is 4.49. The molecule has 98 valence electrons. The maximum absolute atomic E-state index is 11.9. The van der Waals surface area contributed by atoms with E-state index in [1.807, 2.05) is 61.5 Å². The molecule has 1 amide bonds. The Bertz CT molecular complexity index is 552. The van der Waals surface area contributed by atoms with Crippen LogP contribution in [0.5, 0.6) is 0 Å². The Balaban J connectivity index is 2.01. The van der Waals surface area contributed by atoms with Crippen LogP contribution in [0, 0.1) is 0 Å². The Morgan fingerprint density at radius 3 is 2.74 bits per heavy atom. The fourth-order valence-electron chi connectivity index (χ4n) is 1.73. The molecule has 0 saturated carbocycles. The maximum atomic E-state index is 11.9. The molecule has 0 aliphatic carbocycles. The zero-order chi connectivity index (χ0) is 13.7. The molecule has 1 heterocycles. The van der Waals surface area contributed by atoms with Gasteiger partial charge in [0.1, 0.15) is 0 Å². The summed E-state index contributed by atoms with van der Waals surface area (Å²) in [5.41, 5.74) is 2.62. The molecule has 0 saturated heterocycles. The molecule has 0 aliphatic rings. The zero-order valence-electron chi connectivity index (χ0n) is 11.1. The van der Waals surface area contributed by atoms with Gasteiger partial charge in [-0.05, 0) is 30.3 Å². The normalized spacial score (nSPS) is 10.0. The van der Waals surface area contributed by atoms with Gasteiger partial charge in [0.2, 0.25) is 5.91 Å². The van der Waals surface area contributed by atoms with Crippen molar-refractivity contribution in [3.8, 4) is 0 Å². The average Bonchev–Trinajstić information content (AvgIpc) is 2.40. The van der Waals surface area contributed by atoms with Crippen LogP contribution in [-0.4, -0.2) is 25.0 Å². The van der Waals surface area contributed by atoms with Gasteiger partial charge < -0.3 is 10.2 Å². The SMILES string of the molecule is CN(C)c1cccc(NC(=O)Cc2ccccn2)c1. The predicted molar refractivity (Wildman–Crippen MR) is 77.3 cm³/mol. The first kappa shape index (κ1) is 13.1. The molecule has 0 radical (unpaired) electrons. The number of pyridine rings is 1. The van der Waals surface area contributed by atoms with Crippen LogP contribution in [0.3, 0.4) is 0 Å². The van der Waals surface area contributed by atoms with Crippen LogP contribution in [-0.2, 0) is 11.2 Å². The number of carbonyl (C=O) groups is 1. The van der Waals surface area contributed by atoms with Crippen molar-refractivity contribution < 1.29 is 4.79 Å². The van der Waals surface area contributed by atoms with Crippen LogP contribution >= 0.6 is 0 Å². The van der Waals surface area contributed by atoms with Gasteiger partial charge in [0.05, 0.1) is 6.42 Å². The minimum Gasteiger partial charge on any atom is -0.378 e. The van der Waals surface area contributed by atoms with E-state index in [9.17, 15) is 4.79 Å². The Labute approximate surface area is 113 Å².